The molecule has 2 N–H and O–H groups in total. The fourth-order valence-electron chi connectivity index (χ4n) is 3.58. The zero-order valence-electron chi connectivity index (χ0n) is 17.5. The van der Waals surface area contributed by atoms with Crippen LogP contribution in [0.25, 0.3) is 0 Å². The summed E-state index contributed by atoms with van der Waals surface area (Å²) in [6.45, 7) is 1.62. The maximum absolute atomic E-state index is 13.2. The predicted octanol–water partition coefficient (Wildman–Crippen LogP) is 1.86. The second-order valence-corrected chi connectivity index (χ2v) is 10.2. The van der Waals surface area contributed by atoms with Crippen molar-refractivity contribution in [1.29, 1.82) is 0 Å². The molecule has 4 rings (SSSR count). The highest BCUT2D eigenvalue weighted by Gasteiger charge is 2.30. The second kappa shape index (κ2) is 9.48. The first kappa shape index (κ1) is 22.6. The molecule has 1 saturated heterocycles. The van der Waals surface area contributed by atoms with E-state index in [0.717, 1.165) is 18.5 Å². The molecule has 1 saturated carbocycles. The zero-order chi connectivity index (χ0) is 22.7. The van der Waals surface area contributed by atoms with Crippen molar-refractivity contribution in [1.82, 2.24) is 14.9 Å². The summed E-state index contributed by atoms with van der Waals surface area (Å²) in [7, 11) is -3.79. The number of rotatable bonds is 7. The van der Waals surface area contributed by atoms with Crippen molar-refractivity contribution in [3.8, 4) is 0 Å². The average Bonchev–Trinajstić information content (AvgIpc) is 3.62. The molecule has 0 spiro atoms. The first-order chi connectivity index (χ1) is 15.3. The molecule has 0 aromatic heterocycles. The van der Waals surface area contributed by atoms with Crippen molar-refractivity contribution in [2.24, 2.45) is 0 Å². The molecule has 0 bridgehead atoms. The Kier molecular flexibility index (Phi) is 6.68. The van der Waals surface area contributed by atoms with Gasteiger partial charge in [0, 0.05) is 37.9 Å². The Balaban J connectivity index is 1.42. The van der Waals surface area contributed by atoms with Crippen LogP contribution in [0.1, 0.15) is 23.2 Å². The first-order valence-electron chi connectivity index (χ1n) is 10.5. The van der Waals surface area contributed by atoms with Gasteiger partial charge < -0.3 is 15.5 Å². The summed E-state index contributed by atoms with van der Waals surface area (Å²) in [6, 6.07) is 14.1. The number of carbonyl (C=O) groups excluding carboxylic acids is 2. The molecule has 2 aromatic carbocycles. The fourth-order valence-corrected chi connectivity index (χ4v) is 5.23. The van der Waals surface area contributed by atoms with Gasteiger partial charge in [-0.3, -0.25) is 9.59 Å². The molecule has 0 unspecified atom stereocenters. The van der Waals surface area contributed by atoms with Crippen molar-refractivity contribution in [3.05, 3.63) is 59.1 Å². The SMILES string of the molecule is O=C(CNC(=O)c1cc(S(=O)(=O)N2CCN(c3ccccc3)CC2)ccc1Cl)NC1CC1. The van der Waals surface area contributed by atoms with Gasteiger partial charge in [-0.15, -0.1) is 0 Å². The predicted molar refractivity (Wildman–Crippen MR) is 122 cm³/mol. The molecule has 2 aromatic rings. The molecular formula is C22H25ClN4O4S. The van der Waals surface area contributed by atoms with Crippen LogP contribution in [0.2, 0.25) is 5.02 Å². The molecular weight excluding hydrogens is 452 g/mol. The van der Waals surface area contributed by atoms with Crippen molar-refractivity contribution < 1.29 is 18.0 Å². The van der Waals surface area contributed by atoms with Crippen LogP contribution in [0.5, 0.6) is 0 Å². The van der Waals surface area contributed by atoms with Crippen LogP contribution in [-0.2, 0) is 14.8 Å². The number of piperazine rings is 1. The highest BCUT2D eigenvalue weighted by molar-refractivity contribution is 7.89. The van der Waals surface area contributed by atoms with Gasteiger partial charge >= 0.3 is 0 Å². The van der Waals surface area contributed by atoms with Gasteiger partial charge in [0.1, 0.15) is 0 Å². The van der Waals surface area contributed by atoms with Crippen LogP contribution in [0.4, 0.5) is 5.69 Å². The van der Waals surface area contributed by atoms with E-state index in [4.69, 9.17) is 11.6 Å². The maximum atomic E-state index is 13.2. The molecule has 0 atom stereocenters. The smallest absolute Gasteiger partial charge is 0.253 e. The summed E-state index contributed by atoms with van der Waals surface area (Å²) in [5.74, 6) is -0.871. The number of nitrogens with one attached hydrogen (secondary N) is 2. The zero-order valence-corrected chi connectivity index (χ0v) is 19.0. The topological polar surface area (TPSA) is 98.8 Å². The molecule has 0 radical (unpaired) electrons. The molecule has 32 heavy (non-hydrogen) atoms. The van der Waals surface area contributed by atoms with Crippen molar-refractivity contribution in [2.45, 2.75) is 23.8 Å². The lowest BCUT2D eigenvalue weighted by Gasteiger charge is -2.35. The fraction of sp³-hybridized carbons (Fsp3) is 0.364. The summed E-state index contributed by atoms with van der Waals surface area (Å²) >= 11 is 6.15. The number of sulfonamides is 1. The van der Waals surface area contributed by atoms with E-state index in [1.54, 1.807) is 0 Å². The number of halogens is 1. The molecule has 2 amide bonds. The molecule has 170 valence electrons. The lowest BCUT2D eigenvalue weighted by molar-refractivity contribution is -0.120. The molecule has 8 nitrogen and oxygen atoms in total. The quantitative estimate of drug-likeness (QED) is 0.635. The number of anilines is 1. The van der Waals surface area contributed by atoms with E-state index < -0.39 is 15.9 Å². The monoisotopic (exact) mass is 476 g/mol. The minimum atomic E-state index is -3.79. The van der Waals surface area contributed by atoms with Crippen LogP contribution in [0.3, 0.4) is 0 Å². The Labute approximate surface area is 192 Å². The average molecular weight is 477 g/mol. The van der Waals surface area contributed by atoms with Crippen LogP contribution < -0.4 is 15.5 Å². The number of carbonyl (C=O) groups is 2. The minimum absolute atomic E-state index is 0.00245. The number of amides is 2. The van der Waals surface area contributed by atoms with E-state index >= 15 is 0 Å². The van der Waals surface area contributed by atoms with E-state index in [2.05, 4.69) is 15.5 Å². The Morgan fingerprint density at radius 1 is 1.00 bits per heavy atom. The van der Waals surface area contributed by atoms with E-state index in [9.17, 15) is 18.0 Å². The lowest BCUT2D eigenvalue weighted by Crippen LogP contribution is -2.48. The number of para-hydroxylation sites is 1. The standard InChI is InChI=1S/C22H25ClN4O4S/c23-20-9-8-18(14-19(20)22(29)24-15-21(28)25-16-6-7-16)32(30,31)27-12-10-26(11-13-27)17-4-2-1-3-5-17/h1-5,8-9,14,16H,6-7,10-13,15H2,(H,24,29)(H,25,28). The second-order valence-electron chi connectivity index (χ2n) is 7.89. The molecule has 10 heteroatoms. The van der Waals surface area contributed by atoms with Gasteiger partial charge in [-0.25, -0.2) is 8.42 Å². The highest BCUT2D eigenvalue weighted by atomic mass is 35.5. The summed E-state index contributed by atoms with van der Waals surface area (Å²) in [5, 5.41) is 5.40. The highest BCUT2D eigenvalue weighted by Crippen LogP contribution is 2.25. The molecule has 1 aliphatic heterocycles. The maximum Gasteiger partial charge on any atom is 0.253 e. The van der Waals surface area contributed by atoms with Gasteiger partial charge in [-0.05, 0) is 43.2 Å². The van der Waals surface area contributed by atoms with E-state index in [-0.39, 0.29) is 34.0 Å². The molecule has 2 fully saturated rings. The third kappa shape index (κ3) is 5.23. The Hall–Kier alpha value is -2.62. The number of hydrogen-bond acceptors (Lipinski definition) is 5. The Morgan fingerprint density at radius 2 is 1.69 bits per heavy atom. The van der Waals surface area contributed by atoms with Crippen molar-refractivity contribution in [2.75, 3.05) is 37.6 Å². The minimum Gasteiger partial charge on any atom is -0.369 e. The number of hydrogen-bond donors (Lipinski definition) is 2. The normalized spacial score (nSPS) is 17.1. The van der Waals surface area contributed by atoms with Crippen LogP contribution in [0, 0.1) is 0 Å². The van der Waals surface area contributed by atoms with Gasteiger partial charge in [-0.2, -0.15) is 4.31 Å². The van der Waals surface area contributed by atoms with Crippen LogP contribution in [0.15, 0.2) is 53.4 Å². The van der Waals surface area contributed by atoms with Crippen molar-refractivity contribution >= 4 is 39.1 Å². The molecule has 1 aliphatic carbocycles. The first-order valence-corrected chi connectivity index (χ1v) is 12.3. The lowest BCUT2D eigenvalue weighted by atomic mass is 10.2. The Morgan fingerprint density at radius 3 is 2.34 bits per heavy atom. The summed E-state index contributed by atoms with van der Waals surface area (Å²) < 4.78 is 27.8. The summed E-state index contributed by atoms with van der Waals surface area (Å²) in [5.41, 5.74) is 1.08. The summed E-state index contributed by atoms with van der Waals surface area (Å²) in [4.78, 5) is 26.5. The van der Waals surface area contributed by atoms with Gasteiger partial charge in [0.15, 0.2) is 0 Å². The Bertz CT molecular complexity index is 1100. The third-order valence-electron chi connectivity index (χ3n) is 5.53. The number of nitrogens with zero attached hydrogens (tertiary/aromatic N) is 2. The number of benzene rings is 2. The van der Waals surface area contributed by atoms with Gasteiger partial charge in [0.25, 0.3) is 5.91 Å². The van der Waals surface area contributed by atoms with Gasteiger partial charge in [0.2, 0.25) is 15.9 Å². The largest absolute Gasteiger partial charge is 0.369 e. The molecule has 2 aliphatic rings. The van der Waals surface area contributed by atoms with E-state index in [1.807, 2.05) is 30.3 Å². The van der Waals surface area contributed by atoms with Gasteiger partial charge in [-0.1, -0.05) is 29.8 Å². The molecule has 1 heterocycles. The van der Waals surface area contributed by atoms with Gasteiger partial charge in [0.05, 0.1) is 22.0 Å². The van der Waals surface area contributed by atoms with Crippen LogP contribution >= 0.6 is 11.6 Å². The third-order valence-corrected chi connectivity index (χ3v) is 7.76. The van der Waals surface area contributed by atoms with E-state index in [1.165, 1.54) is 22.5 Å². The summed E-state index contributed by atoms with van der Waals surface area (Å²) in [6.07, 6.45) is 1.90. The van der Waals surface area contributed by atoms with E-state index in [0.29, 0.717) is 26.2 Å². The van der Waals surface area contributed by atoms with Crippen LogP contribution in [-0.4, -0.2) is 63.3 Å². The van der Waals surface area contributed by atoms with Crippen molar-refractivity contribution in [3.63, 3.8) is 0 Å².